The van der Waals surface area contributed by atoms with Crippen molar-refractivity contribution < 1.29 is 19.3 Å². The summed E-state index contributed by atoms with van der Waals surface area (Å²) in [6, 6.07) is 25.0. The predicted octanol–water partition coefficient (Wildman–Crippen LogP) is 6.49. The Morgan fingerprint density at radius 1 is 0.930 bits per heavy atom. The number of carbonyl (C=O) groups excluding carboxylic acids is 3. The van der Waals surface area contributed by atoms with Crippen LogP contribution in [-0.4, -0.2) is 34.5 Å². The molecule has 4 atom stereocenters. The van der Waals surface area contributed by atoms with Crippen LogP contribution in [0.1, 0.15) is 38.8 Å². The fourth-order valence-electron chi connectivity index (χ4n) is 7.16. The molecule has 3 aliphatic rings. The Morgan fingerprint density at radius 3 is 2.44 bits per heavy atom. The van der Waals surface area contributed by atoms with Gasteiger partial charge in [-0.25, -0.2) is 0 Å². The van der Waals surface area contributed by atoms with Gasteiger partial charge in [0.15, 0.2) is 11.6 Å². The molecular formula is C34H24ClN3O5. The topological polar surface area (TPSA) is 110 Å². The SMILES string of the molecule is CC1=C[C@@H]2N(c3ccccc31)[C@@H](C(=O)c1ccccc1Cl)[C@H](C(=O)c1cccc([N+](=O)[O-])c1)[C@@]21C(=O)Nc2ccccc21. The number of rotatable bonds is 5. The molecule has 3 heterocycles. The van der Waals surface area contributed by atoms with Crippen LogP contribution in [0.5, 0.6) is 0 Å². The number of benzene rings is 4. The van der Waals surface area contributed by atoms with Gasteiger partial charge in [0.05, 0.1) is 21.9 Å². The van der Waals surface area contributed by atoms with E-state index in [9.17, 15) is 24.5 Å². The second kappa shape index (κ2) is 9.74. The highest BCUT2D eigenvalue weighted by Crippen LogP contribution is 2.59. The first kappa shape index (κ1) is 26.8. The smallest absolute Gasteiger partial charge is 0.270 e. The summed E-state index contributed by atoms with van der Waals surface area (Å²) in [6.07, 6.45) is 1.96. The van der Waals surface area contributed by atoms with Gasteiger partial charge in [-0.2, -0.15) is 0 Å². The number of hydrogen-bond acceptors (Lipinski definition) is 6. The molecule has 0 saturated carbocycles. The van der Waals surface area contributed by atoms with Gasteiger partial charge < -0.3 is 10.2 Å². The monoisotopic (exact) mass is 589 g/mol. The standard InChI is InChI=1S/C34H24ClN3O5/c1-19-17-28-34(24-13-4-6-15-26(24)36-33(34)41)29(31(39)20-9-8-10-21(18-20)38(42)43)30(32(40)23-12-2-5-14-25(23)35)37(28)27-16-7-3-11-22(19)27/h2-18,28-30H,1H3,(H,36,41)/t28-,29+,30+,34-/m0/s1. The van der Waals surface area contributed by atoms with Crippen molar-refractivity contribution in [3.63, 3.8) is 0 Å². The van der Waals surface area contributed by atoms with Crippen LogP contribution >= 0.6 is 11.6 Å². The fraction of sp³-hybridized carbons (Fsp3) is 0.147. The third kappa shape index (κ3) is 3.73. The number of nitrogens with one attached hydrogen (secondary N) is 1. The molecule has 1 fully saturated rings. The van der Waals surface area contributed by atoms with Crippen LogP contribution in [0.3, 0.4) is 0 Å². The zero-order chi connectivity index (χ0) is 30.0. The minimum atomic E-state index is -1.53. The number of hydrogen-bond donors (Lipinski definition) is 1. The molecule has 212 valence electrons. The van der Waals surface area contributed by atoms with Gasteiger partial charge >= 0.3 is 0 Å². The normalized spacial score (nSPS) is 23.2. The van der Waals surface area contributed by atoms with Crippen molar-refractivity contribution in [2.45, 2.75) is 24.4 Å². The molecule has 3 aliphatic heterocycles. The first-order valence-electron chi connectivity index (χ1n) is 13.8. The van der Waals surface area contributed by atoms with E-state index in [-0.39, 0.29) is 21.8 Å². The number of anilines is 2. The van der Waals surface area contributed by atoms with Crippen molar-refractivity contribution in [3.05, 3.63) is 141 Å². The number of para-hydroxylation sites is 2. The molecule has 0 bridgehead atoms. The number of ketones is 2. The van der Waals surface area contributed by atoms with Gasteiger partial charge in [-0.1, -0.05) is 78.3 Å². The third-order valence-electron chi connectivity index (χ3n) is 8.92. The lowest BCUT2D eigenvalue weighted by atomic mass is 9.64. The summed E-state index contributed by atoms with van der Waals surface area (Å²) >= 11 is 6.57. The van der Waals surface area contributed by atoms with E-state index in [1.165, 1.54) is 24.3 Å². The highest BCUT2D eigenvalue weighted by atomic mass is 35.5. The maximum absolute atomic E-state index is 14.9. The molecule has 0 aliphatic carbocycles. The molecule has 7 rings (SSSR count). The van der Waals surface area contributed by atoms with Crippen molar-refractivity contribution in [2.75, 3.05) is 10.2 Å². The van der Waals surface area contributed by atoms with Crippen LogP contribution in [-0.2, 0) is 10.2 Å². The Labute approximate surface area is 251 Å². The number of nitro groups is 1. The van der Waals surface area contributed by atoms with Crippen molar-refractivity contribution in [1.82, 2.24) is 0 Å². The Morgan fingerprint density at radius 2 is 1.65 bits per heavy atom. The largest absolute Gasteiger partial charge is 0.352 e. The van der Waals surface area contributed by atoms with E-state index in [0.717, 1.165) is 11.1 Å². The number of nitro benzene ring substituents is 1. The minimum absolute atomic E-state index is 0.0431. The molecule has 0 unspecified atom stereocenters. The number of amides is 1. The second-order valence-electron chi connectivity index (χ2n) is 11.0. The average molecular weight is 590 g/mol. The zero-order valence-electron chi connectivity index (χ0n) is 22.9. The lowest BCUT2D eigenvalue weighted by Gasteiger charge is -2.39. The number of fused-ring (bicyclic) bond motifs is 6. The number of allylic oxidation sites excluding steroid dienone is 1. The minimum Gasteiger partial charge on any atom is -0.352 e. The molecule has 1 saturated heterocycles. The number of nitrogens with zero attached hydrogens (tertiary/aromatic N) is 2. The van der Waals surface area contributed by atoms with E-state index < -0.39 is 45.8 Å². The molecule has 0 aromatic heterocycles. The quantitative estimate of drug-likeness (QED) is 0.162. The maximum atomic E-state index is 14.9. The van der Waals surface area contributed by atoms with Crippen molar-refractivity contribution in [1.29, 1.82) is 0 Å². The Hall–Kier alpha value is -5.08. The molecular weight excluding hydrogens is 566 g/mol. The number of halogens is 1. The summed E-state index contributed by atoms with van der Waals surface area (Å²) in [7, 11) is 0. The Balaban J connectivity index is 1.56. The van der Waals surface area contributed by atoms with Crippen LogP contribution in [0.2, 0.25) is 5.02 Å². The van der Waals surface area contributed by atoms with E-state index in [1.54, 1.807) is 42.5 Å². The van der Waals surface area contributed by atoms with E-state index in [1.807, 2.05) is 48.2 Å². The summed E-state index contributed by atoms with van der Waals surface area (Å²) in [5.41, 5.74) is 2.11. The van der Waals surface area contributed by atoms with E-state index in [0.29, 0.717) is 16.9 Å². The highest BCUT2D eigenvalue weighted by Gasteiger charge is 2.70. The van der Waals surface area contributed by atoms with Crippen LogP contribution in [0.15, 0.2) is 103 Å². The van der Waals surface area contributed by atoms with Crippen molar-refractivity contribution >= 4 is 51.7 Å². The summed E-state index contributed by atoms with van der Waals surface area (Å²) < 4.78 is 0. The maximum Gasteiger partial charge on any atom is 0.270 e. The van der Waals surface area contributed by atoms with Gasteiger partial charge in [0.1, 0.15) is 11.5 Å². The summed E-state index contributed by atoms with van der Waals surface area (Å²) in [6.45, 7) is 1.95. The molecule has 43 heavy (non-hydrogen) atoms. The first-order chi connectivity index (χ1) is 20.7. The number of non-ortho nitro benzene ring substituents is 1. The van der Waals surface area contributed by atoms with Crippen LogP contribution in [0.4, 0.5) is 17.1 Å². The van der Waals surface area contributed by atoms with E-state index in [2.05, 4.69) is 5.32 Å². The molecule has 1 amide bonds. The zero-order valence-corrected chi connectivity index (χ0v) is 23.6. The van der Waals surface area contributed by atoms with Gasteiger partial charge in [-0.05, 0) is 42.3 Å². The van der Waals surface area contributed by atoms with Crippen molar-refractivity contribution in [3.8, 4) is 0 Å². The predicted molar refractivity (Wildman–Crippen MR) is 164 cm³/mol. The second-order valence-corrected chi connectivity index (χ2v) is 11.4. The van der Waals surface area contributed by atoms with Gasteiger partial charge in [-0.15, -0.1) is 0 Å². The number of carbonyl (C=O) groups is 3. The molecule has 9 heteroatoms. The number of Topliss-reactive ketones (excluding diaryl/α,β-unsaturated/α-hetero) is 2. The fourth-order valence-corrected chi connectivity index (χ4v) is 7.39. The van der Waals surface area contributed by atoms with Crippen LogP contribution in [0, 0.1) is 16.0 Å². The van der Waals surface area contributed by atoms with Gasteiger partial charge in [0, 0.05) is 40.2 Å². The third-order valence-corrected chi connectivity index (χ3v) is 9.25. The summed E-state index contributed by atoms with van der Waals surface area (Å²) in [5, 5.41) is 14.9. The summed E-state index contributed by atoms with van der Waals surface area (Å²) in [5.74, 6) is -2.64. The average Bonchev–Trinajstić information content (AvgIpc) is 3.49. The molecule has 0 radical (unpaired) electrons. The summed E-state index contributed by atoms with van der Waals surface area (Å²) in [4.78, 5) is 57.1. The Kier molecular flexibility index (Phi) is 6.07. The van der Waals surface area contributed by atoms with Gasteiger partial charge in [-0.3, -0.25) is 24.5 Å². The van der Waals surface area contributed by atoms with Gasteiger partial charge in [0.25, 0.3) is 5.69 Å². The first-order valence-corrected chi connectivity index (χ1v) is 14.2. The van der Waals surface area contributed by atoms with Crippen LogP contribution < -0.4 is 10.2 Å². The molecule has 1 spiro atoms. The molecule has 8 nitrogen and oxygen atoms in total. The van der Waals surface area contributed by atoms with Crippen LogP contribution in [0.25, 0.3) is 5.57 Å². The lowest BCUT2D eigenvalue weighted by Crippen LogP contribution is -2.51. The molecule has 4 aromatic carbocycles. The van der Waals surface area contributed by atoms with Gasteiger partial charge in [0.2, 0.25) is 5.91 Å². The molecule has 1 N–H and O–H groups in total. The van der Waals surface area contributed by atoms with E-state index in [4.69, 9.17) is 11.6 Å². The molecule has 4 aromatic rings. The van der Waals surface area contributed by atoms with E-state index >= 15 is 0 Å². The lowest BCUT2D eigenvalue weighted by molar-refractivity contribution is -0.384. The van der Waals surface area contributed by atoms with Crippen molar-refractivity contribution in [2.24, 2.45) is 5.92 Å². The Bertz CT molecular complexity index is 1920. The highest BCUT2D eigenvalue weighted by molar-refractivity contribution is 6.34.